The van der Waals surface area contributed by atoms with Crippen LogP contribution in [0.4, 0.5) is 13.2 Å². The number of fused-ring (bicyclic) bond motifs is 3. The van der Waals surface area contributed by atoms with E-state index in [9.17, 15) is 18.0 Å². The van der Waals surface area contributed by atoms with Gasteiger partial charge in [0.15, 0.2) is 0 Å². The highest BCUT2D eigenvalue weighted by molar-refractivity contribution is 5.68. The molecule has 0 spiro atoms. The first-order chi connectivity index (χ1) is 17.8. The van der Waals surface area contributed by atoms with Crippen molar-refractivity contribution in [1.29, 1.82) is 0 Å². The maximum absolute atomic E-state index is 14.0. The SMILES string of the molecule is O=C(O)CC1COc2cc(OC3CCc4c3ccc(C(F)(F)F)c4CN3CCc4nocc4C3)ccc21. The Bertz CT molecular complexity index is 1350. The number of ether oxygens (including phenoxy) is 2. The van der Waals surface area contributed by atoms with Crippen LogP contribution >= 0.6 is 0 Å². The minimum absolute atomic E-state index is 0.0110. The van der Waals surface area contributed by atoms with E-state index in [-0.39, 0.29) is 25.0 Å². The molecule has 0 bridgehead atoms. The van der Waals surface area contributed by atoms with Crippen molar-refractivity contribution in [2.24, 2.45) is 0 Å². The molecule has 1 aliphatic carbocycles. The third-order valence-electron chi connectivity index (χ3n) is 7.51. The molecule has 1 aromatic heterocycles. The first-order valence-corrected chi connectivity index (χ1v) is 12.3. The third kappa shape index (κ3) is 4.54. The molecule has 7 nitrogen and oxygen atoms in total. The Morgan fingerprint density at radius 1 is 1.19 bits per heavy atom. The van der Waals surface area contributed by atoms with Gasteiger partial charge in [-0.05, 0) is 41.7 Å². The smallest absolute Gasteiger partial charge is 0.416 e. The number of alkyl halides is 3. The Labute approximate surface area is 210 Å². The molecule has 0 radical (unpaired) electrons. The number of rotatable bonds is 6. The van der Waals surface area contributed by atoms with Gasteiger partial charge in [-0.25, -0.2) is 0 Å². The molecule has 2 aromatic carbocycles. The molecule has 10 heteroatoms. The molecule has 194 valence electrons. The zero-order chi connectivity index (χ0) is 25.7. The number of carboxylic acids is 1. The molecular weight excluding hydrogens is 489 g/mol. The molecule has 3 heterocycles. The fourth-order valence-corrected chi connectivity index (χ4v) is 5.74. The molecule has 37 heavy (non-hydrogen) atoms. The van der Waals surface area contributed by atoms with Crippen molar-refractivity contribution in [3.05, 3.63) is 75.7 Å². The highest BCUT2D eigenvalue weighted by atomic mass is 19.4. The summed E-state index contributed by atoms with van der Waals surface area (Å²) >= 11 is 0. The van der Waals surface area contributed by atoms with E-state index in [1.54, 1.807) is 24.5 Å². The molecule has 3 aliphatic rings. The fourth-order valence-electron chi connectivity index (χ4n) is 5.74. The van der Waals surface area contributed by atoms with Gasteiger partial charge in [0.2, 0.25) is 0 Å². The van der Waals surface area contributed by atoms with Crippen LogP contribution in [-0.4, -0.2) is 34.3 Å². The first-order valence-electron chi connectivity index (χ1n) is 12.3. The average molecular weight is 515 g/mol. The number of hydrogen-bond donors (Lipinski definition) is 1. The van der Waals surface area contributed by atoms with Crippen molar-refractivity contribution >= 4 is 5.97 Å². The van der Waals surface area contributed by atoms with Gasteiger partial charge in [0.25, 0.3) is 0 Å². The predicted molar refractivity (Wildman–Crippen MR) is 124 cm³/mol. The van der Waals surface area contributed by atoms with E-state index in [0.717, 1.165) is 22.4 Å². The molecule has 2 atom stereocenters. The molecule has 3 aromatic rings. The van der Waals surface area contributed by atoms with Crippen LogP contribution in [0.25, 0.3) is 0 Å². The summed E-state index contributed by atoms with van der Waals surface area (Å²) in [5, 5.41) is 13.1. The van der Waals surface area contributed by atoms with Crippen LogP contribution in [0.15, 0.2) is 41.1 Å². The van der Waals surface area contributed by atoms with Crippen molar-refractivity contribution < 1.29 is 37.1 Å². The van der Waals surface area contributed by atoms with Gasteiger partial charge < -0.3 is 19.1 Å². The lowest BCUT2D eigenvalue weighted by Crippen LogP contribution is -2.31. The number of benzene rings is 2. The molecule has 0 saturated heterocycles. The molecule has 2 unspecified atom stereocenters. The van der Waals surface area contributed by atoms with E-state index in [2.05, 4.69) is 5.16 Å². The zero-order valence-corrected chi connectivity index (χ0v) is 19.9. The predicted octanol–water partition coefficient (Wildman–Crippen LogP) is 5.27. The summed E-state index contributed by atoms with van der Waals surface area (Å²) in [4.78, 5) is 13.1. The molecular formula is C27H25F3N2O5. The van der Waals surface area contributed by atoms with Gasteiger partial charge in [0.1, 0.15) is 23.9 Å². The number of aliphatic carboxylic acids is 1. The molecule has 0 amide bonds. The van der Waals surface area contributed by atoms with Gasteiger partial charge >= 0.3 is 12.1 Å². The summed E-state index contributed by atoms with van der Waals surface area (Å²) in [5.74, 6) is 0.0453. The minimum atomic E-state index is -4.45. The average Bonchev–Trinajstić information content (AvgIpc) is 3.57. The van der Waals surface area contributed by atoms with E-state index < -0.39 is 17.7 Å². The highest BCUT2D eigenvalue weighted by Gasteiger charge is 2.38. The van der Waals surface area contributed by atoms with Gasteiger partial charge in [0.05, 0.1) is 24.3 Å². The Kier molecular flexibility index (Phi) is 5.86. The fraction of sp³-hybridized carbons (Fsp3) is 0.407. The summed E-state index contributed by atoms with van der Waals surface area (Å²) in [6.07, 6.45) is -1.57. The van der Waals surface area contributed by atoms with Gasteiger partial charge in [-0.1, -0.05) is 17.3 Å². The van der Waals surface area contributed by atoms with Gasteiger partial charge in [-0.15, -0.1) is 0 Å². The Hall–Kier alpha value is -3.53. The highest BCUT2D eigenvalue weighted by Crippen LogP contribution is 2.44. The first kappa shape index (κ1) is 23.8. The second-order valence-electron chi connectivity index (χ2n) is 9.85. The quantitative estimate of drug-likeness (QED) is 0.480. The summed E-state index contributed by atoms with van der Waals surface area (Å²) in [6.45, 7) is 1.59. The van der Waals surface area contributed by atoms with E-state index in [1.807, 2.05) is 11.0 Å². The molecule has 0 fully saturated rings. The van der Waals surface area contributed by atoms with Crippen LogP contribution in [0, 0.1) is 0 Å². The molecule has 2 aliphatic heterocycles. The van der Waals surface area contributed by atoms with Crippen LogP contribution in [0.1, 0.15) is 63.9 Å². The molecule has 0 saturated carbocycles. The van der Waals surface area contributed by atoms with Crippen molar-refractivity contribution in [3.63, 3.8) is 0 Å². The third-order valence-corrected chi connectivity index (χ3v) is 7.51. The normalized spacial score (nSPS) is 20.7. The maximum atomic E-state index is 14.0. The van der Waals surface area contributed by atoms with Crippen LogP contribution in [0.3, 0.4) is 0 Å². The lowest BCUT2D eigenvalue weighted by Gasteiger charge is -2.28. The number of nitrogens with zero attached hydrogens (tertiary/aromatic N) is 2. The summed E-state index contributed by atoms with van der Waals surface area (Å²) in [6, 6.07) is 8.04. The Balaban J connectivity index is 1.25. The lowest BCUT2D eigenvalue weighted by atomic mass is 9.95. The van der Waals surface area contributed by atoms with Crippen molar-refractivity contribution in [2.75, 3.05) is 13.2 Å². The number of carboxylic acid groups (broad SMARTS) is 1. The summed E-state index contributed by atoms with van der Waals surface area (Å²) < 4.78 is 59.0. The Morgan fingerprint density at radius 3 is 2.84 bits per heavy atom. The van der Waals surface area contributed by atoms with E-state index in [1.165, 1.54) is 6.07 Å². The number of carbonyl (C=O) groups is 1. The Morgan fingerprint density at radius 2 is 2.03 bits per heavy atom. The van der Waals surface area contributed by atoms with Crippen LogP contribution in [-0.2, 0) is 36.9 Å². The van der Waals surface area contributed by atoms with Crippen LogP contribution in [0.2, 0.25) is 0 Å². The molecule has 1 N–H and O–H groups in total. The summed E-state index contributed by atoms with van der Waals surface area (Å²) in [7, 11) is 0. The van der Waals surface area contributed by atoms with Crippen molar-refractivity contribution in [2.45, 2.75) is 57.0 Å². The van der Waals surface area contributed by atoms with Gasteiger partial charge in [-0.3, -0.25) is 9.69 Å². The molecule has 6 rings (SSSR count). The maximum Gasteiger partial charge on any atom is 0.416 e. The second-order valence-corrected chi connectivity index (χ2v) is 9.85. The monoisotopic (exact) mass is 514 g/mol. The standard InChI is InChI=1S/C27H25F3N2O5/c28-27(29,30)22-5-3-20-19(21(22)12-32-8-7-23-16(11-32)14-36-31-23)4-6-24(20)37-17-1-2-18-15(9-26(33)34)13-35-25(18)10-17/h1-3,5,10,14-15,24H,4,6-9,11-13H2,(H,33,34). The zero-order valence-electron chi connectivity index (χ0n) is 19.9. The van der Waals surface area contributed by atoms with E-state index in [0.29, 0.717) is 61.6 Å². The summed E-state index contributed by atoms with van der Waals surface area (Å²) in [5.41, 5.74) is 3.80. The van der Waals surface area contributed by atoms with Gasteiger partial charge in [-0.2, -0.15) is 13.2 Å². The van der Waals surface area contributed by atoms with Gasteiger partial charge in [0, 0.05) is 49.2 Å². The van der Waals surface area contributed by atoms with Crippen LogP contribution in [0.5, 0.6) is 11.5 Å². The topological polar surface area (TPSA) is 85.0 Å². The minimum Gasteiger partial charge on any atom is -0.492 e. The second kappa shape index (κ2) is 9.09. The van der Waals surface area contributed by atoms with E-state index >= 15 is 0 Å². The van der Waals surface area contributed by atoms with E-state index in [4.69, 9.17) is 19.1 Å². The van der Waals surface area contributed by atoms with Crippen molar-refractivity contribution in [1.82, 2.24) is 10.1 Å². The largest absolute Gasteiger partial charge is 0.492 e. The number of hydrogen-bond acceptors (Lipinski definition) is 6. The lowest BCUT2D eigenvalue weighted by molar-refractivity contribution is -0.139. The number of halogens is 3. The van der Waals surface area contributed by atoms with Crippen LogP contribution < -0.4 is 9.47 Å². The van der Waals surface area contributed by atoms with Crippen molar-refractivity contribution in [3.8, 4) is 11.5 Å². The number of aromatic nitrogens is 1.